The van der Waals surface area contributed by atoms with Crippen LogP contribution in [-0.2, 0) is 4.79 Å². The molecule has 0 amide bonds. The van der Waals surface area contributed by atoms with Gasteiger partial charge in [-0.15, -0.1) is 0 Å². The standard InChI is InChI=1S/C30H50O4/c1-18-23-19-8-9-21-26(4)12-11-22(31)25(2,3)20(26)10-13-28(21,6)27(19,5)14-16-30(23,24(32)33)17-15-29(18,7)34/h18-23,31,34H,8-17H2,1-7H3,(H,32,33)/t18-,19-,20+,21-,22+,23+,26+,27-,28-,29+,30-/m1/s1. The van der Waals surface area contributed by atoms with E-state index in [4.69, 9.17) is 0 Å². The minimum atomic E-state index is -0.785. The average Bonchev–Trinajstić information content (AvgIpc) is 2.74. The molecule has 3 N–H and O–H groups in total. The minimum Gasteiger partial charge on any atom is -0.481 e. The third-order valence-electron chi connectivity index (χ3n) is 14.1. The number of carboxylic acids is 1. The van der Waals surface area contributed by atoms with Crippen molar-refractivity contribution in [3.63, 3.8) is 0 Å². The number of aliphatic carboxylic acids is 1. The molecule has 0 heterocycles. The molecule has 0 aromatic heterocycles. The molecule has 0 aromatic rings. The molecular weight excluding hydrogens is 424 g/mol. The Labute approximate surface area is 207 Å². The summed E-state index contributed by atoms with van der Waals surface area (Å²) in [6.45, 7) is 16.3. The maximum Gasteiger partial charge on any atom is 0.309 e. The molecule has 5 aliphatic carbocycles. The number of aliphatic hydroxyl groups is 2. The number of carboxylic acid groups (broad SMARTS) is 1. The lowest BCUT2D eigenvalue weighted by molar-refractivity contribution is -0.265. The van der Waals surface area contributed by atoms with Crippen LogP contribution in [0.1, 0.15) is 113 Å². The van der Waals surface area contributed by atoms with Crippen LogP contribution < -0.4 is 0 Å². The van der Waals surface area contributed by atoms with Gasteiger partial charge < -0.3 is 15.3 Å². The number of hydrogen-bond acceptors (Lipinski definition) is 3. The second-order valence-corrected chi connectivity index (χ2v) is 15.2. The van der Waals surface area contributed by atoms with Gasteiger partial charge in [-0.1, -0.05) is 41.5 Å². The fraction of sp³-hybridized carbons (Fsp3) is 0.967. The molecular formula is C30H50O4. The van der Waals surface area contributed by atoms with E-state index in [0.29, 0.717) is 30.6 Å². The van der Waals surface area contributed by atoms with Gasteiger partial charge in [-0.3, -0.25) is 4.79 Å². The van der Waals surface area contributed by atoms with Gasteiger partial charge in [0.25, 0.3) is 0 Å². The van der Waals surface area contributed by atoms with E-state index >= 15 is 0 Å². The molecule has 5 fully saturated rings. The lowest BCUT2D eigenvalue weighted by Crippen LogP contribution is -2.69. The van der Waals surface area contributed by atoms with E-state index in [1.54, 1.807) is 0 Å². The molecule has 0 saturated heterocycles. The highest BCUT2D eigenvalue weighted by atomic mass is 16.4. The molecule has 0 radical (unpaired) electrons. The summed E-state index contributed by atoms with van der Waals surface area (Å²) in [5.41, 5.74) is -1.01. The highest BCUT2D eigenvalue weighted by Gasteiger charge is 2.72. The van der Waals surface area contributed by atoms with E-state index in [-0.39, 0.29) is 39.6 Å². The molecule has 194 valence electrons. The number of fused-ring (bicyclic) bond motifs is 7. The molecule has 5 rings (SSSR count). The zero-order valence-corrected chi connectivity index (χ0v) is 22.8. The van der Waals surface area contributed by atoms with E-state index < -0.39 is 17.0 Å². The molecule has 0 aliphatic heterocycles. The summed E-state index contributed by atoms with van der Waals surface area (Å²) < 4.78 is 0. The van der Waals surface area contributed by atoms with Gasteiger partial charge in [0.15, 0.2) is 0 Å². The predicted molar refractivity (Wildman–Crippen MR) is 134 cm³/mol. The first kappa shape index (κ1) is 25.1. The summed E-state index contributed by atoms with van der Waals surface area (Å²) >= 11 is 0. The fourth-order valence-corrected chi connectivity index (χ4v) is 11.6. The van der Waals surface area contributed by atoms with Crippen molar-refractivity contribution in [2.24, 2.45) is 56.7 Å². The minimum absolute atomic E-state index is 0.00203. The van der Waals surface area contributed by atoms with Gasteiger partial charge >= 0.3 is 5.97 Å². The van der Waals surface area contributed by atoms with Crippen molar-refractivity contribution in [2.75, 3.05) is 0 Å². The molecule has 5 saturated carbocycles. The Morgan fingerprint density at radius 3 is 2.06 bits per heavy atom. The van der Waals surface area contributed by atoms with Crippen LogP contribution in [-0.4, -0.2) is 33.0 Å². The number of hydrogen-bond donors (Lipinski definition) is 3. The van der Waals surface area contributed by atoms with Crippen LogP contribution in [0.2, 0.25) is 0 Å². The molecule has 0 spiro atoms. The number of aliphatic hydroxyl groups excluding tert-OH is 1. The van der Waals surface area contributed by atoms with Crippen molar-refractivity contribution in [1.29, 1.82) is 0 Å². The Hall–Kier alpha value is -0.610. The average molecular weight is 475 g/mol. The summed E-state index contributed by atoms with van der Waals surface area (Å²) in [7, 11) is 0. The van der Waals surface area contributed by atoms with Crippen LogP contribution in [0.25, 0.3) is 0 Å². The van der Waals surface area contributed by atoms with Crippen LogP contribution in [0.15, 0.2) is 0 Å². The van der Waals surface area contributed by atoms with Gasteiger partial charge in [0.1, 0.15) is 0 Å². The Balaban J connectivity index is 1.57. The van der Waals surface area contributed by atoms with E-state index in [1.165, 1.54) is 6.42 Å². The zero-order chi connectivity index (χ0) is 25.1. The Morgan fingerprint density at radius 2 is 1.41 bits per heavy atom. The molecule has 0 aromatic carbocycles. The van der Waals surface area contributed by atoms with Gasteiger partial charge in [0.05, 0.1) is 17.1 Å². The first-order chi connectivity index (χ1) is 15.6. The molecule has 4 nitrogen and oxygen atoms in total. The van der Waals surface area contributed by atoms with Crippen molar-refractivity contribution >= 4 is 5.97 Å². The molecule has 5 aliphatic rings. The molecule has 4 heteroatoms. The zero-order valence-electron chi connectivity index (χ0n) is 22.8. The number of rotatable bonds is 1. The molecule has 34 heavy (non-hydrogen) atoms. The largest absolute Gasteiger partial charge is 0.481 e. The van der Waals surface area contributed by atoms with Crippen molar-refractivity contribution < 1.29 is 20.1 Å². The normalized spacial score (nSPS) is 58.6. The first-order valence-electron chi connectivity index (χ1n) is 14.2. The molecule has 11 atom stereocenters. The Kier molecular flexibility index (Phi) is 5.34. The molecule has 0 bridgehead atoms. The van der Waals surface area contributed by atoms with Crippen LogP contribution in [0, 0.1) is 56.7 Å². The maximum absolute atomic E-state index is 12.8. The van der Waals surface area contributed by atoms with Gasteiger partial charge in [-0.05, 0) is 122 Å². The smallest absolute Gasteiger partial charge is 0.309 e. The van der Waals surface area contributed by atoms with E-state index in [2.05, 4.69) is 41.5 Å². The van der Waals surface area contributed by atoms with Crippen LogP contribution in [0.4, 0.5) is 0 Å². The fourth-order valence-electron chi connectivity index (χ4n) is 11.6. The van der Waals surface area contributed by atoms with Gasteiger partial charge in [0.2, 0.25) is 0 Å². The van der Waals surface area contributed by atoms with E-state index in [9.17, 15) is 20.1 Å². The highest BCUT2D eigenvalue weighted by Crippen LogP contribution is 2.77. The number of carbonyl (C=O) groups is 1. The van der Waals surface area contributed by atoms with E-state index in [0.717, 1.165) is 44.9 Å². The van der Waals surface area contributed by atoms with Gasteiger partial charge in [-0.2, -0.15) is 0 Å². The lowest BCUT2D eigenvalue weighted by atomic mass is 9.31. The first-order valence-corrected chi connectivity index (χ1v) is 14.2. The second kappa shape index (κ2) is 7.24. The monoisotopic (exact) mass is 474 g/mol. The van der Waals surface area contributed by atoms with Crippen molar-refractivity contribution in [2.45, 2.75) is 124 Å². The van der Waals surface area contributed by atoms with Gasteiger partial charge in [-0.25, -0.2) is 0 Å². The van der Waals surface area contributed by atoms with Gasteiger partial charge in [0, 0.05) is 0 Å². The SMILES string of the molecule is C[C@@H]1[C@H]2[C@H]3CC[C@@H]4[C@@]5(C)CC[C@H](O)C(C)(C)[C@@H]5CC[C@@]4(C)[C@]3(C)CC[C@@]2(C(=O)O)CC[C@]1(C)O. The summed E-state index contributed by atoms with van der Waals surface area (Å²) in [4.78, 5) is 12.8. The summed E-state index contributed by atoms with van der Waals surface area (Å²) in [5.74, 6) is 0.926. The summed E-state index contributed by atoms with van der Waals surface area (Å²) in [6.07, 6.45) is 9.35. The third kappa shape index (κ3) is 2.82. The third-order valence-corrected chi connectivity index (χ3v) is 14.1. The van der Waals surface area contributed by atoms with Crippen molar-refractivity contribution in [3.05, 3.63) is 0 Å². The Morgan fingerprint density at radius 1 is 0.765 bits per heavy atom. The van der Waals surface area contributed by atoms with Crippen LogP contribution in [0.5, 0.6) is 0 Å². The van der Waals surface area contributed by atoms with Crippen molar-refractivity contribution in [3.8, 4) is 0 Å². The second-order valence-electron chi connectivity index (χ2n) is 15.2. The maximum atomic E-state index is 12.8. The van der Waals surface area contributed by atoms with Crippen molar-refractivity contribution in [1.82, 2.24) is 0 Å². The predicted octanol–water partition coefficient (Wildman–Crippen LogP) is 6.28. The van der Waals surface area contributed by atoms with Crippen LogP contribution in [0.3, 0.4) is 0 Å². The van der Waals surface area contributed by atoms with E-state index in [1.807, 2.05) is 6.92 Å². The quantitative estimate of drug-likeness (QED) is 0.418. The summed E-state index contributed by atoms with van der Waals surface area (Å²) in [5, 5.41) is 32.8. The lowest BCUT2D eigenvalue weighted by Gasteiger charge is -2.73. The van der Waals surface area contributed by atoms with Crippen LogP contribution >= 0.6 is 0 Å². The summed E-state index contributed by atoms with van der Waals surface area (Å²) in [6, 6.07) is 0. The highest BCUT2D eigenvalue weighted by molar-refractivity contribution is 5.76. The Bertz CT molecular complexity index is 864. The molecule has 0 unspecified atom stereocenters. The topological polar surface area (TPSA) is 77.8 Å².